The monoisotopic (exact) mass is 342 g/mol. The molecule has 1 atom stereocenters. The van der Waals surface area contributed by atoms with Gasteiger partial charge in [-0.3, -0.25) is 9.59 Å². The van der Waals surface area contributed by atoms with E-state index in [1.54, 1.807) is 6.20 Å². The molecule has 1 unspecified atom stereocenters. The Morgan fingerprint density at radius 1 is 1.55 bits per heavy atom. The zero-order chi connectivity index (χ0) is 14.7. The van der Waals surface area contributed by atoms with Crippen molar-refractivity contribution in [1.29, 1.82) is 0 Å². The summed E-state index contributed by atoms with van der Waals surface area (Å²) in [6.07, 6.45) is 2.92. The fourth-order valence-corrected chi connectivity index (χ4v) is 2.54. The maximum atomic E-state index is 12.2. The summed E-state index contributed by atoms with van der Waals surface area (Å²) in [5.41, 5.74) is 0.541. The third kappa shape index (κ3) is 3.59. The molecule has 1 saturated heterocycles. The SMILES string of the molecule is CC(C)Cn1ncc(NC2CCC(=O)NC2)c(Br)c1=O. The largest absolute Gasteiger partial charge is 0.378 e. The van der Waals surface area contributed by atoms with E-state index in [0.717, 1.165) is 6.42 Å². The van der Waals surface area contributed by atoms with Crippen molar-refractivity contribution < 1.29 is 4.79 Å². The van der Waals surface area contributed by atoms with E-state index in [9.17, 15) is 9.59 Å². The maximum absolute atomic E-state index is 12.2. The number of halogens is 1. The molecule has 0 bridgehead atoms. The number of carbonyl (C=O) groups is 1. The van der Waals surface area contributed by atoms with Gasteiger partial charge in [0.15, 0.2) is 0 Å². The lowest BCUT2D eigenvalue weighted by molar-refractivity contribution is -0.122. The summed E-state index contributed by atoms with van der Waals surface area (Å²) >= 11 is 3.34. The van der Waals surface area contributed by atoms with Crippen LogP contribution in [-0.4, -0.2) is 28.3 Å². The number of amides is 1. The highest BCUT2D eigenvalue weighted by Gasteiger charge is 2.19. The van der Waals surface area contributed by atoms with Gasteiger partial charge in [0, 0.05) is 25.6 Å². The van der Waals surface area contributed by atoms with Gasteiger partial charge in [-0.25, -0.2) is 4.68 Å². The van der Waals surface area contributed by atoms with Crippen molar-refractivity contribution in [3.8, 4) is 0 Å². The van der Waals surface area contributed by atoms with E-state index < -0.39 is 0 Å². The van der Waals surface area contributed by atoms with E-state index in [2.05, 4.69) is 31.7 Å². The van der Waals surface area contributed by atoms with Gasteiger partial charge in [-0.2, -0.15) is 5.10 Å². The molecule has 2 N–H and O–H groups in total. The average molecular weight is 343 g/mol. The fraction of sp³-hybridized carbons (Fsp3) is 0.615. The molecular formula is C13H19BrN4O2. The Hall–Kier alpha value is -1.37. The Morgan fingerprint density at radius 3 is 2.90 bits per heavy atom. The minimum absolute atomic E-state index is 0.0765. The first-order valence-electron chi connectivity index (χ1n) is 6.76. The average Bonchev–Trinajstić information content (AvgIpc) is 2.40. The summed E-state index contributed by atoms with van der Waals surface area (Å²) in [5.74, 6) is 0.437. The molecule has 110 valence electrons. The number of nitrogens with one attached hydrogen (secondary N) is 2. The lowest BCUT2D eigenvalue weighted by Crippen LogP contribution is -2.42. The van der Waals surface area contributed by atoms with Crippen molar-refractivity contribution in [2.75, 3.05) is 11.9 Å². The zero-order valence-corrected chi connectivity index (χ0v) is 13.2. The van der Waals surface area contributed by atoms with Crippen LogP contribution >= 0.6 is 15.9 Å². The Labute approximate surface area is 126 Å². The summed E-state index contributed by atoms with van der Waals surface area (Å²) in [6, 6.07) is 0.131. The number of carbonyl (C=O) groups excluding carboxylic acids is 1. The molecule has 0 radical (unpaired) electrons. The van der Waals surface area contributed by atoms with E-state index in [1.165, 1.54) is 4.68 Å². The molecule has 0 aliphatic carbocycles. The molecule has 0 spiro atoms. The van der Waals surface area contributed by atoms with Crippen molar-refractivity contribution in [3.05, 3.63) is 21.0 Å². The summed E-state index contributed by atoms with van der Waals surface area (Å²) in [5, 5.41) is 10.2. The topological polar surface area (TPSA) is 76.0 Å². The third-order valence-electron chi connectivity index (χ3n) is 3.15. The van der Waals surface area contributed by atoms with E-state index in [4.69, 9.17) is 0 Å². The molecule has 1 aliphatic heterocycles. The van der Waals surface area contributed by atoms with Gasteiger partial charge in [0.1, 0.15) is 4.47 Å². The molecule has 6 nitrogen and oxygen atoms in total. The summed E-state index contributed by atoms with van der Waals surface area (Å²) in [7, 11) is 0. The van der Waals surface area contributed by atoms with Crippen LogP contribution < -0.4 is 16.2 Å². The molecule has 1 aromatic rings. The number of rotatable bonds is 4. The van der Waals surface area contributed by atoms with Crippen LogP contribution in [0.5, 0.6) is 0 Å². The molecule has 1 amide bonds. The second-order valence-corrected chi connectivity index (χ2v) is 6.23. The minimum atomic E-state index is -0.136. The van der Waals surface area contributed by atoms with Crippen molar-refractivity contribution in [2.45, 2.75) is 39.3 Å². The molecular weight excluding hydrogens is 324 g/mol. The number of nitrogens with zero attached hydrogens (tertiary/aromatic N) is 2. The summed E-state index contributed by atoms with van der Waals surface area (Å²) in [6.45, 7) is 5.25. The van der Waals surface area contributed by atoms with Crippen LogP contribution in [-0.2, 0) is 11.3 Å². The molecule has 1 fully saturated rings. The highest BCUT2D eigenvalue weighted by Crippen LogP contribution is 2.19. The van der Waals surface area contributed by atoms with Crippen LogP contribution in [0, 0.1) is 5.92 Å². The maximum Gasteiger partial charge on any atom is 0.283 e. The molecule has 2 rings (SSSR count). The predicted octanol–water partition coefficient (Wildman–Crippen LogP) is 1.35. The quantitative estimate of drug-likeness (QED) is 0.865. The highest BCUT2D eigenvalue weighted by atomic mass is 79.9. The number of aromatic nitrogens is 2. The molecule has 7 heteroatoms. The summed E-state index contributed by atoms with van der Waals surface area (Å²) in [4.78, 5) is 23.3. The number of anilines is 1. The van der Waals surface area contributed by atoms with Gasteiger partial charge in [-0.05, 0) is 28.3 Å². The molecule has 1 aliphatic rings. The first-order chi connectivity index (χ1) is 9.47. The van der Waals surface area contributed by atoms with Crippen LogP contribution in [0.2, 0.25) is 0 Å². The van der Waals surface area contributed by atoms with Gasteiger partial charge >= 0.3 is 0 Å². The van der Waals surface area contributed by atoms with E-state index in [1.807, 2.05) is 13.8 Å². The van der Waals surface area contributed by atoms with Crippen LogP contribution in [0.1, 0.15) is 26.7 Å². The Morgan fingerprint density at radius 2 is 2.30 bits per heavy atom. The smallest absolute Gasteiger partial charge is 0.283 e. The number of hydrogen-bond donors (Lipinski definition) is 2. The standard InChI is InChI=1S/C13H19BrN4O2/c1-8(2)7-18-13(20)12(14)10(6-16-18)17-9-3-4-11(19)15-5-9/h6,8-9,17H,3-5,7H2,1-2H3,(H,15,19). The molecule has 20 heavy (non-hydrogen) atoms. The fourth-order valence-electron chi connectivity index (χ4n) is 2.12. The van der Waals surface area contributed by atoms with Crippen LogP contribution in [0.3, 0.4) is 0 Å². The van der Waals surface area contributed by atoms with Crippen molar-refractivity contribution in [2.24, 2.45) is 5.92 Å². The predicted molar refractivity (Wildman–Crippen MR) is 80.7 cm³/mol. The molecule has 1 aromatic heterocycles. The van der Waals surface area contributed by atoms with Crippen molar-refractivity contribution in [1.82, 2.24) is 15.1 Å². The van der Waals surface area contributed by atoms with Crippen LogP contribution in [0.4, 0.5) is 5.69 Å². The van der Waals surface area contributed by atoms with Gasteiger partial charge in [-0.1, -0.05) is 13.8 Å². The number of piperidine rings is 1. The second kappa shape index (κ2) is 6.39. The Bertz CT molecular complexity index is 546. The van der Waals surface area contributed by atoms with Gasteiger partial charge in [0.25, 0.3) is 5.56 Å². The molecule has 2 heterocycles. The normalized spacial score (nSPS) is 19.0. The van der Waals surface area contributed by atoms with Crippen LogP contribution in [0.25, 0.3) is 0 Å². The van der Waals surface area contributed by atoms with Gasteiger partial charge < -0.3 is 10.6 Å². The van der Waals surface area contributed by atoms with E-state index in [-0.39, 0.29) is 17.5 Å². The van der Waals surface area contributed by atoms with Gasteiger partial charge in [0.2, 0.25) is 5.91 Å². The zero-order valence-electron chi connectivity index (χ0n) is 11.6. The second-order valence-electron chi connectivity index (χ2n) is 5.44. The molecule has 0 aromatic carbocycles. The minimum Gasteiger partial charge on any atom is -0.378 e. The first-order valence-corrected chi connectivity index (χ1v) is 7.55. The van der Waals surface area contributed by atoms with E-state index in [0.29, 0.717) is 35.6 Å². The van der Waals surface area contributed by atoms with Crippen molar-refractivity contribution in [3.63, 3.8) is 0 Å². The van der Waals surface area contributed by atoms with Crippen LogP contribution in [0.15, 0.2) is 15.5 Å². The number of hydrogen-bond acceptors (Lipinski definition) is 4. The van der Waals surface area contributed by atoms with Crippen molar-refractivity contribution >= 4 is 27.5 Å². The lowest BCUT2D eigenvalue weighted by Gasteiger charge is -2.24. The third-order valence-corrected chi connectivity index (χ3v) is 3.91. The van der Waals surface area contributed by atoms with E-state index >= 15 is 0 Å². The molecule has 0 saturated carbocycles. The first kappa shape index (κ1) is 15.0. The summed E-state index contributed by atoms with van der Waals surface area (Å²) < 4.78 is 1.95. The highest BCUT2D eigenvalue weighted by molar-refractivity contribution is 9.10. The lowest BCUT2D eigenvalue weighted by atomic mass is 10.1. The van der Waals surface area contributed by atoms with Gasteiger partial charge in [-0.15, -0.1) is 0 Å². The Balaban J connectivity index is 2.11. The Kier molecular flexibility index (Phi) is 4.80. The van der Waals surface area contributed by atoms with Gasteiger partial charge in [0.05, 0.1) is 11.9 Å².